The molecule has 0 fully saturated rings. The molecule has 1 aromatic heterocycles. The number of rotatable bonds is 5. The zero-order chi connectivity index (χ0) is 13.5. The van der Waals surface area contributed by atoms with Gasteiger partial charge in [-0.1, -0.05) is 6.92 Å². The fourth-order valence-corrected chi connectivity index (χ4v) is 1.38. The van der Waals surface area contributed by atoms with Gasteiger partial charge in [0.2, 0.25) is 0 Å². The summed E-state index contributed by atoms with van der Waals surface area (Å²) in [6.45, 7) is 3.73. The average Bonchev–Trinajstić information content (AvgIpc) is 2.32. The van der Waals surface area contributed by atoms with Gasteiger partial charge in [0.25, 0.3) is 0 Å². The van der Waals surface area contributed by atoms with Gasteiger partial charge in [0.1, 0.15) is 0 Å². The SMILES string of the molecule is CCC(CNC(=O)Nc1cnccc1C)C(=O)O. The van der Waals surface area contributed by atoms with Gasteiger partial charge < -0.3 is 15.7 Å². The maximum absolute atomic E-state index is 11.6. The van der Waals surface area contributed by atoms with Gasteiger partial charge >= 0.3 is 12.0 Å². The molecular formula is C12H17N3O3. The molecule has 0 radical (unpaired) electrons. The summed E-state index contributed by atoms with van der Waals surface area (Å²) in [4.78, 5) is 26.2. The number of aryl methyl sites for hydroxylation is 1. The molecule has 18 heavy (non-hydrogen) atoms. The summed E-state index contributed by atoms with van der Waals surface area (Å²) >= 11 is 0. The number of nitrogens with zero attached hydrogens (tertiary/aromatic N) is 1. The normalized spacial score (nSPS) is 11.7. The van der Waals surface area contributed by atoms with Gasteiger partial charge in [-0.05, 0) is 25.0 Å². The first-order chi connectivity index (χ1) is 8.54. The summed E-state index contributed by atoms with van der Waals surface area (Å²) in [7, 11) is 0. The van der Waals surface area contributed by atoms with Crippen molar-refractivity contribution in [3.05, 3.63) is 24.0 Å². The molecule has 1 unspecified atom stereocenters. The largest absolute Gasteiger partial charge is 0.481 e. The number of carbonyl (C=O) groups excluding carboxylic acids is 1. The Morgan fingerprint density at radius 3 is 2.78 bits per heavy atom. The van der Waals surface area contributed by atoms with Crippen molar-refractivity contribution in [2.24, 2.45) is 5.92 Å². The molecule has 0 saturated heterocycles. The van der Waals surface area contributed by atoms with Crippen molar-refractivity contribution >= 4 is 17.7 Å². The molecule has 0 saturated carbocycles. The predicted octanol–water partition coefficient (Wildman–Crippen LogP) is 1.62. The first-order valence-corrected chi connectivity index (χ1v) is 5.72. The molecule has 0 bridgehead atoms. The fourth-order valence-electron chi connectivity index (χ4n) is 1.38. The summed E-state index contributed by atoms with van der Waals surface area (Å²) in [5.74, 6) is -1.47. The van der Waals surface area contributed by atoms with Gasteiger partial charge in [-0.15, -0.1) is 0 Å². The van der Waals surface area contributed by atoms with E-state index in [0.29, 0.717) is 12.1 Å². The van der Waals surface area contributed by atoms with E-state index in [2.05, 4.69) is 15.6 Å². The van der Waals surface area contributed by atoms with Gasteiger partial charge in [-0.3, -0.25) is 9.78 Å². The second-order valence-corrected chi connectivity index (χ2v) is 3.97. The molecule has 6 nitrogen and oxygen atoms in total. The summed E-state index contributed by atoms with van der Waals surface area (Å²) in [5, 5.41) is 14.0. The van der Waals surface area contributed by atoms with Crippen LogP contribution in [-0.4, -0.2) is 28.6 Å². The Morgan fingerprint density at radius 1 is 1.50 bits per heavy atom. The van der Waals surface area contributed by atoms with E-state index in [-0.39, 0.29) is 6.54 Å². The number of carboxylic acids is 1. The van der Waals surface area contributed by atoms with Crippen LogP contribution in [0, 0.1) is 12.8 Å². The molecule has 1 rings (SSSR count). The number of carboxylic acid groups (broad SMARTS) is 1. The standard InChI is InChI=1S/C12H17N3O3/c1-3-9(11(16)17)6-14-12(18)15-10-7-13-5-4-8(10)2/h4-5,7,9H,3,6H2,1-2H3,(H,16,17)(H2,14,15,18). The highest BCUT2D eigenvalue weighted by molar-refractivity contribution is 5.90. The van der Waals surface area contributed by atoms with Gasteiger partial charge in [0.15, 0.2) is 0 Å². The average molecular weight is 251 g/mol. The zero-order valence-electron chi connectivity index (χ0n) is 10.4. The molecule has 3 N–H and O–H groups in total. The number of hydrogen-bond acceptors (Lipinski definition) is 3. The Hall–Kier alpha value is -2.11. The maximum Gasteiger partial charge on any atom is 0.319 e. The second kappa shape index (κ2) is 6.58. The third-order valence-corrected chi connectivity index (χ3v) is 2.64. The number of anilines is 1. The first-order valence-electron chi connectivity index (χ1n) is 5.72. The Bertz CT molecular complexity index is 434. The van der Waals surface area contributed by atoms with Crippen LogP contribution < -0.4 is 10.6 Å². The molecule has 0 aromatic carbocycles. The maximum atomic E-state index is 11.6. The summed E-state index contributed by atoms with van der Waals surface area (Å²) in [6.07, 6.45) is 3.65. The van der Waals surface area contributed by atoms with Crippen LogP contribution in [-0.2, 0) is 4.79 Å². The molecule has 6 heteroatoms. The number of aromatic nitrogens is 1. The molecule has 98 valence electrons. The quantitative estimate of drug-likeness (QED) is 0.741. The van der Waals surface area contributed by atoms with Crippen LogP contribution in [0.1, 0.15) is 18.9 Å². The minimum absolute atomic E-state index is 0.108. The van der Waals surface area contributed by atoms with E-state index in [1.165, 1.54) is 0 Å². The van der Waals surface area contributed by atoms with E-state index in [0.717, 1.165) is 5.56 Å². The summed E-state index contributed by atoms with van der Waals surface area (Å²) in [5.41, 5.74) is 1.50. The smallest absolute Gasteiger partial charge is 0.319 e. The molecule has 0 aliphatic carbocycles. The van der Waals surface area contributed by atoms with Crippen LogP contribution >= 0.6 is 0 Å². The highest BCUT2D eigenvalue weighted by Gasteiger charge is 2.15. The van der Waals surface area contributed by atoms with Crippen LogP contribution in [0.5, 0.6) is 0 Å². The predicted molar refractivity (Wildman–Crippen MR) is 67.4 cm³/mol. The van der Waals surface area contributed by atoms with Crippen LogP contribution in [0.3, 0.4) is 0 Å². The summed E-state index contributed by atoms with van der Waals surface area (Å²) < 4.78 is 0. The highest BCUT2D eigenvalue weighted by Crippen LogP contribution is 2.10. The van der Waals surface area contributed by atoms with Crippen LogP contribution in [0.4, 0.5) is 10.5 Å². The lowest BCUT2D eigenvalue weighted by molar-refractivity contribution is -0.141. The number of pyridine rings is 1. The lowest BCUT2D eigenvalue weighted by atomic mass is 10.1. The molecular weight excluding hydrogens is 234 g/mol. The molecule has 0 spiro atoms. The van der Waals surface area contributed by atoms with Crippen molar-refractivity contribution in [2.75, 3.05) is 11.9 Å². The van der Waals surface area contributed by atoms with Gasteiger partial charge in [-0.25, -0.2) is 4.79 Å². The molecule has 0 aliphatic rings. The van der Waals surface area contributed by atoms with Crippen LogP contribution in [0.15, 0.2) is 18.5 Å². The number of carbonyl (C=O) groups is 2. The van der Waals surface area contributed by atoms with E-state index >= 15 is 0 Å². The second-order valence-electron chi connectivity index (χ2n) is 3.97. The molecule has 2 amide bonds. The van der Waals surface area contributed by atoms with Crippen molar-refractivity contribution in [3.8, 4) is 0 Å². The first kappa shape index (κ1) is 14.0. The molecule has 1 aromatic rings. The van der Waals surface area contributed by atoms with Crippen molar-refractivity contribution in [1.82, 2.24) is 10.3 Å². The third-order valence-electron chi connectivity index (χ3n) is 2.64. The lowest BCUT2D eigenvalue weighted by Gasteiger charge is -2.12. The van der Waals surface area contributed by atoms with Gasteiger partial charge in [0, 0.05) is 12.7 Å². The molecule has 1 heterocycles. The number of urea groups is 1. The number of nitrogens with one attached hydrogen (secondary N) is 2. The van der Waals surface area contributed by atoms with Crippen molar-refractivity contribution in [3.63, 3.8) is 0 Å². The van der Waals surface area contributed by atoms with Crippen LogP contribution in [0.2, 0.25) is 0 Å². The minimum atomic E-state index is -0.907. The van der Waals surface area contributed by atoms with E-state index < -0.39 is 17.9 Å². The third kappa shape index (κ3) is 4.04. The van der Waals surface area contributed by atoms with Crippen molar-refractivity contribution in [2.45, 2.75) is 20.3 Å². The monoisotopic (exact) mass is 251 g/mol. The number of amides is 2. The Balaban J connectivity index is 2.48. The van der Waals surface area contributed by atoms with Gasteiger partial charge in [-0.2, -0.15) is 0 Å². The Kier molecular flexibility index (Phi) is 5.10. The zero-order valence-corrected chi connectivity index (χ0v) is 10.4. The van der Waals surface area contributed by atoms with E-state index in [9.17, 15) is 9.59 Å². The molecule has 1 atom stereocenters. The van der Waals surface area contributed by atoms with Gasteiger partial charge in [0.05, 0.1) is 17.8 Å². The molecule has 0 aliphatic heterocycles. The minimum Gasteiger partial charge on any atom is -0.481 e. The van der Waals surface area contributed by atoms with E-state index in [1.807, 2.05) is 6.92 Å². The lowest BCUT2D eigenvalue weighted by Crippen LogP contribution is -2.35. The number of hydrogen-bond donors (Lipinski definition) is 3. The topological polar surface area (TPSA) is 91.3 Å². The van der Waals surface area contributed by atoms with Crippen LogP contribution in [0.25, 0.3) is 0 Å². The van der Waals surface area contributed by atoms with Crippen molar-refractivity contribution in [1.29, 1.82) is 0 Å². The Morgan fingerprint density at radius 2 is 2.22 bits per heavy atom. The van der Waals surface area contributed by atoms with E-state index in [4.69, 9.17) is 5.11 Å². The fraction of sp³-hybridized carbons (Fsp3) is 0.417. The summed E-state index contributed by atoms with van der Waals surface area (Å²) in [6, 6.07) is 1.35. The number of aliphatic carboxylic acids is 1. The Labute approximate surface area is 105 Å². The highest BCUT2D eigenvalue weighted by atomic mass is 16.4. The van der Waals surface area contributed by atoms with Crippen molar-refractivity contribution < 1.29 is 14.7 Å². The van der Waals surface area contributed by atoms with E-state index in [1.54, 1.807) is 25.4 Å².